The van der Waals surface area contributed by atoms with Gasteiger partial charge in [0.05, 0.1) is 11.7 Å². The van der Waals surface area contributed by atoms with Crippen molar-refractivity contribution in [2.24, 2.45) is 5.92 Å². The first-order valence-electron chi connectivity index (χ1n) is 8.90. The molecule has 3 heterocycles. The monoisotopic (exact) mass is 303 g/mol. The fourth-order valence-corrected chi connectivity index (χ4v) is 3.85. The molecule has 0 bridgehead atoms. The Bertz CT molecular complexity index is 513. The summed E-state index contributed by atoms with van der Waals surface area (Å²) in [4.78, 5) is 12.4. The lowest BCUT2D eigenvalue weighted by molar-refractivity contribution is 0.137. The predicted octanol–water partition coefficient (Wildman–Crippen LogP) is 1.42. The standard InChI is InChI=1S/C17H29N5/c1-14-17-18-11-16(13-20-7-5-19(2)6-8-20)22(17)10-9-21(14)12-15-3-4-15/h11,14-15H,3-10,12-13H2,1-2H3/t14-/m1/s1. The van der Waals surface area contributed by atoms with Gasteiger partial charge in [-0.2, -0.15) is 0 Å². The van der Waals surface area contributed by atoms with Crippen molar-refractivity contribution >= 4 is 0 Å². The molecule has 4 rings (SSSR count). The van der Waals surface area contributed by atoms with E-state index in [1.807, 2.05) is 0 Å². The van der Waals surface area contributed by atoms with Crippen LogP contribution in [0.15, 0.2) is 6.20 Å². The zero-order chi connectivity index (χ0) is 15.1. The zero-order valence-corrected chi connectivity index (χ0v) is 14.0. The van der Waals surface area contributed by atoms with E-state index in [0.29, 0.717) is 6.04 Å². The molecule has 1 saturated carbocycles. The van der Waals surface area contributed by atoms with Crippen LogP contribution in [0.25, 0.3) is 0 Å². The number of nitrogens with zero attached hydrogens (tertiary/aromatic N) is 5. The van der Waals surface area contributed by atoms with E-state index in [9.17, 15) is 0 Å². The Morgan fingerprint density at radius 1 is 1.09 bits per heavy atom. The highest BCUT2D eigenvalue weighted by Gasteiger charge is 2.32. The molecular weight excluding hydrogens is 274 g/mol. The van der Waals surface area contributed by atoms with Crippen LogP contribution in [0, 0.1) is 5.92 Å². The lowest BCUT2D eigenvalue weighted by Crippen LogP contribution is -2.44. The number of likely N-dealkylation sites (N-methyl/N-ethyl adjacent to an activating group) is 1. The Morgan fingerprint density at radius 3 is 2.59 bits per heavy atom. The van der Waals surface area contributed by atoms with Crippen LogP contribution in [0.4, 0.5) is 0 Å². The van der Waals surface area contributed by atoms with Gasteiger partial charge in [-0.05, 0) is 32.7 Å². The maximum absolute atomic E-state index is 4.78. The molecule has 0 radical (unpaired) electrons. The maximum Gasteiger partial charge on any atom is 0.126 e. The van der Waals surface area contributed by atoms with Crippen molar-refractivity contribution in [1.29, 1.82) is 0 Å². The van der Waals surface area contributed by atoms with Crippen molar-refractivity contribution in [2.45, 2.75) is 38.9 Å². The van der Waals surface area contributed by atoms with Crippen molar-refractivity contribution < 1.29 is 0 Å². The van der Waals surface area contributed by atoms with Gasteiger partial charge in [0.1, 0.15) is 5.82 Å². The summed E-state index contributed by atoms with van der Waals surface area (Å²) < 4.78 is 2.49. The predicted molar refractivity (Wildman–Crippen MR) is 87.7 cm³/mol. The molecule has 22 heavy (non-hydrogen) atoms. The number of hydrogen-bond donors (Lipinski definition) is 0. The lowest BCUT2D eigenvalue weighted by atomic mass is 10.2. The van der Waals surface area contributed by atoms with E-state index in [2.05, 4.69) is 39.4 Å². The second-order valence-corrected chi connectivity index (χ2v) is 7.45. The summed E-state index contributed by atoms with van der Waals surface area (Å²) in [6, 6.07) is 0.482. The third-order valence-corrected chi connectivity index (χ3v) is 5.67. The minimum Gasteiger partial charge on any atom is -0.328 e. The number of hydrogen-bond acceptors (Lipinski definition) is 4. The highest BCUT2D eigenvalue weighted by atomic mass is 15.3. The number of aromatic nitrogens is 2. The van der Waals surface area contributed by atoms with Gasteiger partial charge in [0.15, 0.2) is 0 Å². The smallest absolute Gasteiger partial charge is 0.126 e. The fraction of sp³-hybridized carbons (Fsp3) is 0.824. The van der Waals surface area contributed by atoms with Crippen LogP contribution in [0.5, 0.6) is 0 Å². The number of rotatable bonds is 4. The highest BCUT2D eigenvalue weighted by molar-refractivity contribution is 5.11. The van der Waals surface area contributed by atoms with Gasteiger partial charge in [0, 0.05) is 58.6 Å². The number of imidazole rings is 1. The van der Waals surface area contributed by atoms with Gasteiger partial charge in [0.2, 0.25) is 0 Å². The SMILES string of the molecule is C[C@@H]1c2ncc(CN3CCN(C)CC3)n2CCN1CC1CC1. The topological polar surface area (TPSA) is 27.5 Å². The minimum absolute atomic E-state index is 0.482. The first-order valence-corrected chi connectivity index (χ1v) is 8.90. The second kappa shape index (κ2) is 5.95. The molecule has 1 aromatic rings. The summed E-state index contributed by atoms with van der Waals surface area (Å²) in [5, 5.41) is 0. The van der Waals surface area contributed by atoms with Gasteiger partial charge in [-0.3, -0.25) is 9.80 Å². The molecule has 5 nitrogen and oxygen atoms in total. The van der Waals surface area contributed by atoms with Crippen LogP contribution in [0.3, 0.4) is 0 Å². The minimum atomic E-state index is 0.482. The van der Waals surface area contributed by atoms with Crippen LogP contribution in [-0.2, 0) is 13.1 Å². The van der Waals surface area contributed by atoms with Crippen LogP contribution < -0.4 is 0 Å². The van der Waals surface area contributed by atoms with Gasteiger partial charge < -0.3 is 9.47 Å². The molecule has 0 amide bonds. The Labute approximate surface area is 133 Å². The Balaban J connectivity index is 1.43. The molecule has 1 aromatic heterocycles. The molecule has 1 saturated heterocycles. The molecule has 0 unspecified atom stereocenters. The largest absolute Gasteiger partial charge is 0.328 e. The van der Waals surface area contributed by atoms with E-state index in [1.54, 1.807) is 0 Å². The number of fused-ring (bicyclic) bond motifs is 1. The van der Waals surface area contributed by atoms with Gasteiger partial charge >= 0.3 is 0 Å². The van der Waals surface area contributed by atoms with Crippen LogP contribution >= 0.6 is 0 Å². The van der Waals surface area contributed by atoms with Crippen molar-refractivity contribution in [1.82, 2.24) is 24.3 Å². The highest BCUT2D eigenvalue weighted by Crippen LogP contribution is 2.34. The molecule has 3 aliphatic rings. The van der Waals surface area contributed by atoms with Crippen LogP contribution in [-0.4, -0.2) is 70.6 Å². The lowest BCUT2D eigenvalue weighted by Gasteiger charge is -2.36. The molecule has 0 aromatic carbocycles. The fourth-order valence-electron chi connectivity index (χ4n) is 3.85. The third kappa shape index (κ3) is 2.94. The number of piperazine rings is 1. The molecular formula is C17H29N5. The summed E-state index contributed by atoms with van der Waals surface area (Å²) in [7, 11) is 2.22. The first-order chi connectivity index (χ1) is 10.7. The second-order valence-electron chi connectivity index (χ2n) is 7.45. The molecule has 1 atom stereocenters. The quantitative estimate of drug-likeness (QED) is 0.841. The molecule has 2 fully saturated rings. The van der Waals surface area contributed by atoms with E-state index in [0.717, 1.165) is 19.0 Å². The van der Waals surface area contributed by atoms with Gasteiger partial charge in [-0.25, -0.2) is 4.98 Å². The Kier molecular flexibility index (Phi) is 3.96. The van der Waals surface area contributed by atoms with E-state index >= 15 is 0 Å². The molecule has 122 valence electrons. The Morgan fingerprint density at radius 2 is 1.86 bits per heavy atom. The van der Waals surface area contributed by atoms with Crippen molar-refractivity contribution in [3.63, 3.8) is 0 Å². The molecule has 0 N–H and O–H groups in total. The van der Waals surface area contributed by atoms with E-state index in [4.69, 9.17) is 4.98 Å². The van der Waals surface area contributed by atoms with Gasteiger partial charge in [0.25, 0.3) is 0 Å². The summed E-state index contributed by atoms with van der Waals surface area (Å²) >= 11 is 0. The summed E-state index contributed by atoms with van der Waals surface area (Å²) in [5.74, 6) is 2.25. The molecule has 1 aliphatic carbocycles. The molecule has 2 aliphatic heterocycles. The van der Waals surface area contributed by atoms with E-state index in [-0.39, 0.29) is 0 Å². The van der Waals surface area contributed by atoms with E-state index in [1.165, 1.54) is 63.6 Å². The van der Waals surface area contributed by atoms with Gasteiger partial charge in [-0.15, -0.1) is 0 Å². The zero-order valence-electron chi connectivity index (χ0n) is 14.0. The van der Waals surface area contributed by atoms with Crippen molar-refractivity contribution in [2.75, 3.05) is 46.3 Å². The average Bonchev–Trinajstić information content (AvgIpc) is 3.24. The summed E-state index contributed by atoms with van der Waals surface area (Å²) in [6.07, 6.45) is 5.00. The molecule has 0 spiro atoms. The normalized spacial score (nSPS) is 28.0. The Hall–Kier alpha value is -0.910. The first kappa shape index (κ1) is 14.7. The summed E-state index contributed by atoms with van der Waals surface area (Å²) in [6.45, 7) is 11.7. The van der Waals surface area contributed by atoms with Crippen molar-refractivity contribution in [3.05, 3.63) is 17.7 Å². The van der Waals surface area contributed by atoms with Crippen LogP contribution in [0.1, 0.15) is 37.3 Å². The van der Waals surface area contributed by atoms with Crippen LogP contribution in [0.2, 0.25) is 0 Å². The molecule has 5 heteroatoms. The average molecular weight is 303 g/mol. The van der Waals surface area contributed by atoms with Gasteiger partial charge in [-0.1, -0.05) is 0 Å². The maximum atomic E-state index is 4.78. The summed E-state index contributed by atoms with van der Waals surface area (Å²) in [5.41, 5.74) is 1.41. The van der Waals surface area contributed by atoms with E-state index < -0.39 is 0 Å². The third-order valence-electron chi connectivity index (χ3n) is 5.67. The van der Waals surface area contributed by atoms with Crippen molar-refractivity contribution in [3.8, 4) is 0 Å².